The van der Waals surface area contributed by atoms with Crippen molar-refractivity contribution >= 4 is 0 Å². The highest BCUT2D eigenvalue weighted by Crippen LogP contribution is 2.50. The Kier molecular flexibility index (Phi) is 3.69. The molecule has 0 amide bonds. The molecule has 3 rings (SSSR count). The Hall–Kier alpha value is -0.120. The summed E-state index contributed by atoms with van der Waals surface area (Å²) >= 11 is 0. The molecule has 0 spiro atoms. The van der Waals surface area contributed by atoms with Crippen LogP contribution in [0.3, 0.4) is 0 Å². The van der Waals surface area contributed by atoms with Crippen LogP contribution in [0.2, 0.25) is 0 Å². The van der Waals surface area contributed by atoms with E-state index in [1.807, 2.05) is 0 Å². The maximum atomic E-state index is 5.79. The van der Waals surface area contributed by atoms with E-state index < -0.39 is 0 Å². The standard InChI is InChI=1S/C14H26N2O/c15-16-14(11-3-5-17-6-4-11)9-13-8-10-1-2-12(13)7-10/h10-14,16H,1-9,15H2. The quantitative estimate of drug-likeness (QED) is 0.582. The lowest BCUT2D eigenvalue weighted by molar-refractivity contribution is 0.0485. The van der Waals surface area contributed by atoms with Gasteiger partial charge in [-0.1, -0.05) is 6.42 Å². The van der Waals surface area contributed by atoms with Gasteiger partial charge in [0.1, 0.15) is 0 Å². The van der Waals surface area contributed by atoms with Crippen molar-refractivity contribution in [2.24, 2.45) is 29.5 Å². The van der Waals surface area contributed by atoms with Gasteiger partial charge in [-0.3, -0.25) is 11.3 Å². The summed E-state index contributed by atoms with van der Waals surface area (Å²) in [5.41, 5.74) is 3.10. The van der Waals surface area contributed by atoms with Crippen LogP contribution in [0.1, 0.15) is 44.9 Å². The lowest BCUT2D eigenvalue weighted by Gasteiger charge is -2.33. The Morgan fingerprint density at radius 3 is 2.53 bits per heavy atom. The predicted octanol–water partition coefficient (Wildman–Crippen LogP) is 2.07. The van der Waals surface area contributed by atoms with Crippen LogP contribution in [0.25, 0.3) is 0 Å². The number of hydrazine groups is 1. The van der Waals surface area contributed by atoms with Gasteiger partial charge in [-0.05, 0) is 62.2 Å². The summed E-state index contributed by atoms with van der Waals surface area (Å²) in [4.78, 5) is 0. The highest BCUT2D eigenvalue weighted by molar-refractivity contribution is 4.92. The predicted molar refractivity (Wildman–Crippen MR) is 68.2 cm³/mol. The fourth-order valence-electron chi connectivity index (χ4n) is 4.51. The molecule has 4 atom stereocenters. The lowest BCUT2D eigenvalue weighted by Crippen LogP contribution is -2.44. The summed E-state index contributed by atoms with van der Waals surface area (Å²) in [6.07, 6.45) is 9.66. The number of nitrogens with one attached hydrogen (secondary N) is 1. The first-order chi connectivity index (χ1) is 8.36. The molecular weight excluding hydrogens is 212 g/mol. The van der Waals surface area contributed by atoms with Crippen molar-refractivity contribution < 1.29 is 4.74 Å². The van der Waals surface area contributed by atoms with Crippen LogP contribution in [0.5, 0.6) is 0 Å². The molecule has 2 aliphatic carbocycles. The number of fused-ring (bicyclic) bond motifs is 2. The number of hydrogen-bond donors (Lipinski definition) is 2. The summed E-state index contributed by atoms with van der Waals surface area (Å²) < 4.78 is 5.45. The molecule has 1 aliphatic heterocycles. The van der Waals surface area contributed by atoms with Crippen LogP contribution in [0.15, 0.2) is 0 Å². The highest BCUT2D eigenvalue weighted by atomic mass is 16.5. The van der Waals surface area contributed by atoms with E-state index in [1.54, 1.807) is 0 Å². The number of rotatable bonds is 4. The van der Waals surface area contributed by atoms with Crippen molar-refractivity contribution in [3.05, 3.63) is 0 Å². The minimum atomic E-state index is 0.531. The second-order valence-corrected chi connectivity index (χ2v) is 6.39. The van der Waals surface area contributed by atoms with Gasteiger partial charge in [0, 0.05) is 19.3 Å². The second kappa shape index (κ2) is 5.25. The summed E-state index contributed by atoms with van der Waals surface area (Å²) in [7, 11) is 0. The molecular formula is C14H26N2O. The molecule has 0 aromatic heterocycles. The van der Waals surface area contributed by atoms with Gasteiger partial charge in [-0.2, -0.15) is 0 Å². The van der Waals surface area contributed by atoms with Gasteiger partial charge in [0.25, 0.3) is 0 Å². The molecule has 3 aliphatic rings. The largest absolute Gasteiger partial charge is 0.381 e. The number of hydrogen-bond acceptors (Lipinski definition) is 3. The van der Waals surface area contributed by atoms with Crippen molar-refractivity contribution in [3.8, 4) is 0 Å². The zero-order chi connectivity index (χ0) is 11.7. The monoisotopic (exact) mass is 238 g/mol. The Morgan fingerprint density at radius 2 is 1.94 bits per heavy atom. The first-order valence-corrected chi connectivity index (χ1v) is 7.40. The van der Waals surface area contributed by atoms with Crippen molar-refractivity contribution in [1.82, 2.24) is 5.43 Å². The van der Waals surface area contributed by atoms with Gasteiger partial charge < -0.3 is 4.74 Å². The van der Waals surface area contributed by atoms with Crippen molar-refractivity contribution in [2.45, 2.75) is 51.0 Å². The fourth-order valence-corrected chi connectivity index (χ4v) is 4.51. The van der Waals surface area contributed by atoms with Gasteiger partial charge in [0.15, 0.2) is 0 Å². The molecule has 2 bridgehead atoms. The molecule has 0 radical (unpaired) electrons. The number of ether oxygens (including phenoxy) is 1. The first kappa shape index (κ1) is 11.9. The summed E-state index contributed by atoms with van der Waals surface area (Å²) in [6, 6.07) is 0.531. The summed E-state index contributed by atoms with van der Waals surface area (Å²) in [5, 5.41) is 0. The Bertz CT molecular complexity index is 253. The molecule has 17 heavy (non-hydrogen) atoms. The van der Waals surface area contributed by atoms with Crippen molar-refractivity contribution in [2.75, 3.05) is 13.2 Å². The second-order valence-electron chi connectivity index (χ2n) is 6.39. The van der Waals surface area contributed by atoms with Crippen LogP contribution in [-0.2, 0) is 4.74 Å². The average Bonchev–Trinajstić information content (AvgIpc) is 2.99. The zero-order valence-corrected chi connectivity index (χ0v) is 10.7. The topological polar surface area (TPSA) is 47.3 Å². The minimum Gasteiger partial charge on any atom is -0.381 e. The summed E-state index contributed by atoms with van der Waals surface area (Å²) in [5.74, 6) is 9.57. The SMILES string of the molecule is NNC(CC1CC2CCC1C2)C1CCOCC1. The number of nitrogens with two attached hydrogens (primary N) is 1. The van der Waals surface area contributed by atoms with Gasteiger partial charge >= 0.3 is 0 Å². The van der Waals surface area contributed by atoms with E-state index in [9.17, 15) is 0 Å². The Labute approximate surface area is 104 Å². The molecule has 0 aromatic carbocycles. The molecule has 0 aromatic rings. The molecule has 4 unspecified atom stereocenters. The third-order valence-electron chi connectivity index (χ3n) is 5.49. The molecule has 3 nitrogen and oxygen atoms in total. The molecule has 3 N–H and O–H groups in total. The molecule has 1 heterocycles. The van der Waals surface area contributed by atoms with Gasteiger partial charge in [0.05, 0.1) is 0 Å². The van der Waals surface area contributed by atoms with Gasteiger partial charge in [0.2, 0.25) is 0 Å². The van der Waals surface area contributed by atoms with E-state index in [0.717, 1.165) is 36.9 Å². The molecule has 98 valence electrons. The van der Waals surface area contributed by atoms with E-state index in [-0.39, 0.29) is 0 Å². The van der Waals surface area contributed by atoms with E-state index in [1.165, 1.54) is 44.9 Å². The summed E-state index contributed by atoms with van der Waals surface area (Å²) in [6.45, 7) is 1.86. The molecule has 3 fully saturated rings. The van der Waals surface area contributed by atoms with Crippen LogP contribution in [-0.4, -0.2) is 19.3 Å². The average molecular weight is 238 g/mol. The zero-order valence-electron chi connectivity index (χ0n) is 10.7. The van der Waals surface area contributed by atoms with E-state index in [4.69, 9.17) is 10.6 Å². The van der Waals surface area contributed by atoms with Crippen LogP contribution in [0, 0.1) is 23.7 Å². The third kappa shape index (κ3) is 2.51. The molecule has 2 saturated carbocycles. The van der Waals surface area contributed by atoms with Crippen molar-refractivity contribution in [3.63, 3.8) is 0 Å². The highest BCUT2D eigenvalue weighted by Gasteiger charge is 2.40. The Morgan fingerprint density at radius 1 is 1.12 bits per heavy atom. The van der Waals surface area contributed by atoms with Crippen LogP contribution < -0.4 is 11.3 Å². The normalized spacial score (nSPS) is 39.7. The smallest absolute Gasteiger partial charge is 0.0469 e. The van der Waals surface area contributed by atoms with Crippen molar-refractivity contribution in [1.29, 1.82) is 0 Å². The van der Waals surface area contributed by atoms with Gasteiger partial charge in [-0.15, -0.1) is 0 Å². The molecule has 3 heteroatoms. The van der Waals surface area contributed by atoms with E-state index >= 15 is 0 Å². The third-order valence-corrected chi connectivity index (χ3v) is 5.49. The maximum Gasteiger partial charge on any atom is 0.0469 e. The fraction of sp³-hybridized carbons (Fsp3) is 1.00. The Balaban J connectivity index is 1.54. The minimum absolute atomic E-state index is 0.531. The van der Waals surface area contributed by atoms with Gasteiger partial charge in [-0.25, -0.2) is 0 Å². The lowest BCUT2D eigenvalue weighted by atomic mass is 9.79. The van der Waals surface area contributed by atoms with E-state index in [0.29, 0.717) is 6.04 Å². The van der Waals surface area contributed by atoms with Crippen LogP contribution >= 0.6 is 0 Å². The van der Waals surface area contributed by atoms with E-state index in [2.05, 4.69) is 5.43 Å². The molecule has 1 saturated heterocycles. The van der Waals surface area contributed by atoms with Crippen LogP contribution in [0.4, 0.5) is 0 Å². The first-order valence-electron chi connectivity index (χ1n) is 7.40. The maximum absolute atomic E-state index is 5.79.